The summed E-state index contributed by atoms with van der Waals surface area (Å²) in [5.74, 6) is 1.45. The average Bonchev–Trinajstić information content (AvgIpc) is 3.64. The van der Waals surface area contributed by atoms with Crippen molar-refractivity contribution in [1.82, 2.24) is 39.6 Å². The SMILES string of the molecule is CCCCc1cn(-c2c(Br)ccn2CC)c(=O)n1CC1(c2cccc(-c3nnn[nH]3)c2)C=CNC=C1. The van der Waals surface area contributed by atoms with E-state index in [4.69, 9.17) is 0 Å². The van der Waals surface area contributed by atoms with E-state index >= 15 is 0 Å². The summed E-state index contributed by atoms with van der Waals surface area (Å²) in [4.78, 5) is 14.0. The first-order valence-electron chi connectivity index (χ1n) is 12.2. The highest BCUT2D eigenvalue weighted by molar-refractivity contribution is 9.10. The Morgan fingerprint density at radius 2 is 1.97 bits per heavy atom. The fourth-order valence-electron chi connectivity index (χ4n) is 4.74. The Bertz CT molecular complexity index is 1450. The minimum absolute atomic E-state index is 0.0505. The van der Waals surface area contributed by atoms with Crippen molar-refractivity contribution in [2.24, 2.45) is 0 Å². The van der Waals surface area contributed by atoms with E-state index in [0.29, 0.717) is 12.4 Å². The number of benzene rings is 1. The molecule has 0 fully saturated rings. The number of aromatic nitrogens is 7. The van der Waals surface area contributed by atoms with Crippen LogP contribution in [0.4, 0.5) is 0 Å². The molecule has 36 heavy (non-hydrogen) atoms. The monoisotopic (exact) mass is 548 g/mol. The van der Waals surface area contributed by atoms with Crippen LogP contribution in [-0.2, 0) is 24.9 Å². The third kappa shape index (κ3) is 4.37. The van der Waals surface area contributed by atoms with Crippen molar-refractivity contribution in [2.45, 2.75) is 51.6 Å². The maximum Gasteiger partial charge on any atom is 0.334 e. The van der Waals surface area contributed by atoms with Crippen LogP contribution < -0.4 is 11.0 Å². The Labute approximate surface area is 217 Å². The number of hydrogen-bond acceptors (Lipinski definition) is 5. The smallest absolute Gasteiger partial charge is 0.334 e. The Hall–Kier alpha value is -3.66. The second-order valence-corrected chi connectivity index (χ2v) is 9.79. The summed E-state index contributed by atoms with van der Waals surface area (Å²) in [7, 11) is 0. The van der Waals surface area contributed by atoms with Gasteiger partial charge in [0.15, 0.2) is 5.82 Å². The number of unbranched alkanes of at least 4 members (excludes halogenated alkanes) is 1. The molecule has 1 aromatic carbocycles. The van der Waals surface area contributed by atoms with Gasteiger partial charge in [0.1, 0.15) is 5.82 Å². The van der Waals surface area contributed by atoms with E-state index in [2.05, 4.69) is 84.6 Å². The molecule has 1 aliphatic heterocycles. The highest BCUT2D eigenvalue weighted by Gasteiger charge is 2.31. The lowest BCUT2D eigenvalue weighted by atomic mass is 9.78. The van der Waals surface area contributed by atoms with Gasteiger partial charge in [0.05, 0.1) is 9.89 Å². The van der Waals surface area contributed by atoms with Crippen molar-refractivity contribution in [1.29, 1.82) is 0 Å². The second-order valence-electron chi connectivity index (χ2n) is 8.94. The van der Waals surface area contributed by atoms with E-state index in [1.165, 1.54) is 0 Å². The molecule has 3 aromatic heterocycles. The first kappa shape index (κ1) is 24.1. The predicted molar refractivity (Wildman–Crippen MR) is 143 cm³/mol. The van der Waals surface area contributed by atoms with Crippen LogP contribution in [0.25, 0.3) is 17.2 Å². The van der Waals surface area contributed by atoms with E-state index in [1.54, 1.807) is 4.57 Å². The number of tetrazole rings is 1. The third-order valence-corrected chi connectivity index (χ3v) is 7.32. The van der Waals surface area contributed by atoms with Crippen molar-refractivity contribution in [2.75, 3.05) is 0 Å². The number of aryl methyl sites for hydroxylation is 2. The Morgan fingerprint density at radius 3 is 2.69 bits per heavy atom. The Morgan fingerprint density at radius 1 is 1.14 bits per heavy atom. The lowest BCUT2D eigenvalue weighted by Gasteiger charge is -2.31. The van der Waals surface area contributed by atoms with Gasteiger partial charge in [-0.2, -0.15) is 0 Å². The summed E-state index contributed by atoms with van der Waals surface area (Å²) in [5.41, 5.74) is 2.37. The highest BCUT2D eigenvalue weighted by atomic mass is 79.9. The number of halogens is 1. The van der Waals surface area contributed by atoms with E-state index in [0.717, 1.165) is 52.9 Å². The maximum absolute atomic E-state index is 14.0. The molecule has 0 radical (unpaired) electrons. The van der Waals surface area contributed by atoms with Crippen LogP contribution in [0.2, 0.25) is 0 Å². The quantitative estimate of drug-likeness (QED) is 0.324. The summed E-state index contributed by atoms with van der Waals surface area (Å²) in [5, 5.41) is 17.5. The number of hydrogen-bond donors (Lipinski definition) is 2. The number of imidazole rings is 1. The summed E-state index contributed by atoms with van der Waals surface area (Å²) in [6.45, 7) is 5.48. The summed E-state index contributed by atoms with van der Waals surface area (Å²) < 4.78 is 6.68. The van der Waals surface area contributed by atoms with E-state index in [9.17, 15) is 4.79 Å². The Kier molecular flexibility index (Phi) is 6.77. The van der Waals surface area contributed by atoms with Crippen LogP contribution >= 0.6 is 15.9 Å². The van der Waals surface area contributed by atoms with Crippen molar-refractivity contribution < 1.29 is 0 Å². The number of nitrogens with one attached hydrogen (secondary N) is 2. The lowest BCUT2D eigenvalue weighted by molar-refractivity contribution is 0.495. The number of aromatic amines is 1. The topological polar surface area (TPSA) is 98.3 Å². The molecule has 4 aromatic rings. The van der Waals surface area contributed by atoms with Gasteiger partial charge in [0.25, 0.3) is 0 Å². The summed E-state index contributed by atoms with van der Waals surface area (Å²) in [6, 6.07) is 10.1. The molecule has 1 aliphatic rings. The minimum Gasteiger partial charge on any atom is -0.368 e. The number of H-pyrrole nitrogens is 1. The molecule has 5 rings (SSSR count). The van der Waals surface area contributed by atoms with Gasteiger partial charge in [-0.05, 0) is 76.2 Å². The van der Waals surface area contributed by atoms with Gasteiger partial charge in [0.2, 0.25) is 0 Å². The molecule has 0 saturated heterocycles. The zero-order valence-electron chi connectivity index (χ0n) is 20.4. The van der Waals surface area contributed by atoms with Crippen molar-refractivity contribution in [3.8, 4) is 17.2 Å². The van der Waals surface area contributed by atoms with Gasteiger partial charge in [-0.25, -0.2) is 9.89 Å². The van der Waals surface area contributed by atoms with Crippen LogP contribution in [0.15, 0.2) is 76.5 Å². The zero-order valence-corrected chi connectivity index (χ0v) is 21.9. The zero-order chi connectivity index (χ0) is 25.1. The van der Waals surface area contributed by atoms with E-state index < -0.39 is 5.41 Å². The molecule has 0 atom stereocenters. The second kappa shape index (κ2) is 10.1. The van der Waals surface area contributed by atoms with E-state index in [-0.39, 0.29) is 5.69 Å². The molecule has 0 unspecified atom stereocenters. The van der Waals surface area contributed by atoms with Gasteiger partial charge in [-0.15, -0.1) is 5.10 Å². The minimum atomic E-state index is -0.532. The molecule has 9 nitrogen and oxygen atoms in total. The van der Waals surface area contributed by atoms with Crippen molar-refractivity contribution in [3.05, 3.63) is 93.5 Å². The molecule has 0 bridgehead atoms. The Balaban J connectivity index is 1.63. The largest absolute Gasteiger partial charge is 0.368 e. The fourth-order valence-corrected chi connectivity index (χ4v) is 5.28. The molecule has 0 saturated carbocycles. The van der Waals surface area contributed by atoms with Crippen molar-refractivity contribution >= 4 is 15.9 Å². The lowest BCUT2D eigenvalue weighted by Crippen LogP contribution is -2.36. The van der Waals surface area contributed by atoms with Gasteiger partial charge in [-0.3, -0.25) is 9.13 Å². The van der Waals surface area contributed by atoms with E-state index in [1.807, 2.05) is 47.6 Å². The summed E-state index contributed by atoms with van der Waals surface area (Å²) >= 11 is 3.65. The van der Waals surface area contributed by atoms with Crippen LogP contribution in [0.3, 0.4) is 0 Å². The van der Waals surface area contributed by atoms with Gasteiger partial charge in [0, 0.05) is 36.7 Å². The normalized spacial score (nSPS) is 14.3. The molecular weight excluding hydrogens is 520 g/mol. The average molecular weight is 549 g/mol. The molecule has 10 heteroatoms. The molecule has 0 spiro atoms. The fraction of sp³-hybridized carbons (Fsp3) is 0.308. The van der Waals surface area contributed by atoms with Gasteiger partial charge in [-0.1, -0.05) is 43.7 Å². The molecule has 2 N–H and O–H groups in total. The molecule has 186 valence electrons. The predicted octanol–water partition coefficient (Wildman–Crippen LogP) is 4.31. The number of rotatable bonds is 9. The number of allylic oxidation sites excluding steroid dienone is 2. The number of nitrogens with zero attached hydrogens (tertiary/aromatic N) is 6. The summed E-state index contributed by atoms with van der Waals surface area (Å²) in [6.07, 6.45) is 15.0. The van der Waals surface area contributed by atoms with Crippen LogP contribution in [0.1, 0.15) is 37.9 Å². The first-order chi connectivity index (χ1) is 17.6. The van der Waals surface area contributed by atoms with Crippen LogP contribution in [-0.4, -0.2) is 34.3 Å². The molecule has 0 amide bonds. The van der Waals surface area contributed by atoms with Crippen molar-refractivity contribution in [3.63, 3.8) is 0 Å². The first-order valence-corrected chi connectivity index (χ1v) is 13.0. The highest BCUT2D eigenvalue weighted by Crippen LogP contribution is 2.34. The van der Waals surface area contributed by atoms with Gasteiger partial charge < -0.3 is 9.88 Å². The maximum atomic E-state index is 14.0. The molecule has 0 aliphatic carbocycles. The van der Waals surface area contributed by atoms with Crippen LogP contribution in [0, 0.1) is 0 Å². The molecule has 4 heterocycles. The van der Waals surface area contributed by atoms with Crippen LogP contribution in [0.5, 0.6) is 0 Å². The molecular formula is C26H29BrN8O. The standard InChI is InChI=1S/C26H29BrN8O/c1-3-5-9-21-17-34(24-22(27)10-15-33(24)4-2)25(36)35(21)18-26(11-13-28-14-12-26)20-8-6-7-19(16-20)23-29-31-32-30-23/h6-8,10-17,28H,3-5,9,18H2,1-2H3,(H,29,30,31,32). The third-order valence-electron chi connectivity index (χ3n) is 6.70. The number of dihydropyridines is 1. The van der Waals surface area contributed by atoms with Gasteiger partial charge >= 0.3 is 5.69 Å².